The maximum absolute atomic E-state index is 12.9. The number of nitriles is 1. The Morgan fingerprint density at radius 3 is 2.45 bits per heavy atom. The number of nitrogens with zero attached hydrogens (tertiary/aromatic N) is 3. The number of para-hydroxylation sites is 1. The molecule has 0 saturated carbocycles. The topological polar surface area (TPSA) is 70.3 Å². The number of aromatic nitrogens is 1. The van der Waals surface area contributed by atoms with Gasteiger partial charge in [0.1, 0.15) is 5.75 Å². The van der Waals surface area contributed by atoms with E-state index in [1.807, 2.05) is 0 Å². The van der Waals surface area contributed by atoms with E-state index in [-0.39, 0.29) is 11.7 Å². The van der Waals surface area contributed by atoms with Crippen molar-refractivity contribution in [1.82, 2.24) is 10.3 Å². The first-order valence-electron chi connectivity index (χ1n) is 5.47. The number of hydrogen-bond donors (Lipinski definition) is 1. The Kier molecular flexibility index (Phi) is 4.19. The van der Waals surface area contributed by atoms with E-state index in [0.29, 0.717) is 5.75 Å². The SMILES string of the molecule is N#CNC(=Nc1cc(F)nc(F)c1)Oc1ccccc1. The minimum absolute atomic E-state index is 0.0660. The highest BCUT2D eigenvalue weighted by atomic mass is 19.1. The smallest absolute Gasteiger partial charge is 0.309 e. The van der Waals surface area contributed by atoms with E-state index in [1.165, 1.54) is 0 Å². The maximum atomic E-state index is 12.9. The molecule has 1 aromatic heterocycles. The van der Waals surface area contributed by atoms with Crippen LogP contribution in [-0.4, -0.2) is 11.0 Å². The molecule has 7 heteroatoms. The van der Waals surface area contributed by atoms with E-state index in [1.54, 1.807) is 36.5 Å². The summed E-state index contributed by atoms with van der Waals surface area (Å²) in [6.07, 6.45) is 1.63. The molecule has 0 aliphatic heterocycles. The van der Waals surface area contributed by atoms with Crippen molar-refractivity contribution in [1.29, 1.82) is 5.26 Å². The van der Waals surface area contributed by atoms with E-state index < -0.39 is 11.9 Å². The average Bonchev–Trinajstić information content (AvgIpc) is 2.39. The summed E-state index contributed by atoms with van der Waals surface area (Å²) in [6.45, 7) is 0. The van der Waals surface area contributed by atoms with Crippen molar-refractivity contribution in [2.24, 2.45) is 4.99 Å². The standard InChI is InChI=1S/C13H8F2N4O/c14-11-6-9(7-12(15)19-11)18-13(17-8-16)20-10-4-2-1-3-5-10/h1-7H,(H,17,18,19). The minimum Gasteiger partial charge on any atom is -0.425 e. The van der Waals surface area contributed by atoms with Gasteiger partial charge in [0.25, 0.3) is 0 Å². The Labute approximate surface area is 113 Å². The lowest BCUT2D eigenvalue weighted by Gasteiger charge is -2.06. The maximum Gasteiger partial charge on any atom is 0.309 e. The zero-order chi connectivity index (χ0) is 14.4. The molecule has 100 valence electrons. The molecule has 1 N–H and O–H groups in total. The summed E-state index contributed by atoms with van der Waals surface area (Å²) in [5, 5.41) is 10.8. The van der Waals surface area contributed by atoms with Crippen LogP contribution >= 0.6 is 0 Å². The Morgan fingerprint density at radius 1 is 1.20 bits per heavy atom. The van der Waals surface area contributed by atoms with Gasteiger partial charge in [0.05, 0.1) is 5.69 Å². The molecule has 5 nitrogen and oxygen atoms in total. The number of aliphatic imine (C=N–C) groups is 1. The normalized spacial score (nSPS) is 10.8. The molecule has 1 aromatic carbocycles. The van der Waals surface area contributed by atoms with Crippen LogP contribution in [0.5, 0.6) is 5.75 Å². The van der Waals surface area contributed by atoms with Crippen LogP contribution < -0.4 is 10.1 Å². The fraction of sp³-hybridized carbons (Fsp3) is 0. The molecule has 0 bridgehead atoms. The van der Waals surface area contributed by atoms with Gasteiger partial charge in [-0.2, -0.15) is 24.0 Å². The summed E-state index contributed by atoms with van der Waals surface area (Å²) < 4.78 is 31.2. The Balaban J connectivity index is 2.28. The minimum atomic E-state index is -1.01. The van der Waals surface area contributed by atoms with Crippen LogP contribution in [0.2, 0.25) is 0 Å². The van der Waals surface area contributed by atoms with Gasteiger partial charge in [0.15, 0.2) is 6.19 Å². The molecule has 0 fully saturated rings. The molecule has 0 spiro atoms. The van der Waals surface area contributed by atoms with E-state index >= 15 is 0 Å². The molecular weight excluding hydrogens is 266 g/mol. The summed E-state index contributed by atoms with van der Waals surface area (Å²) in [4.78, 5) is 6.75. The third kappa shape index (κ3) is 3.74. The van der Waals surface area contributed by atoms with E-state index in [0.717, 1.165) is 12.1 Å². The van der Waals surface area contributed by atoms with E-state index in [9.17, 15) is 8.78 Å². The summed E-state index contributed by atoms with van der Waals surface area (Å²) >= 11 is 0. The van der Waals surface area contributed by atoms with Gasteiger partial charge >= 0.3 is 6.02 Å². The second-order valence-electron chi connectivity index (χ2n) is 3.54. The fourth-order valence-electron chi connectivity index (χ4n) is 1.36. The van der Waals surface area contributed by atoms with Gasteiger partial charge in [0.2, 0.25) is 11.9 Å². The second-order valence-corrected chi connectivity index (χ2v) is 3.54. The summed E-state index contributed by atoms with van der Waals surface area (Å²) in [7, 11) is 0. The van der Waals surface area contributed by atoms with Crippen molar-refractivity contribution in [2.75, 3.05) is 0 Å². The largest absolute Gasteiger partial charge is 0.425 e. The molecular formula is C13H8F2N4O. The van der Waals surface area contributed by atoms with Crippen LogP contribution in [-0.2, 0) is 0 Å². The van der Waals surface area contributed by atoms with Crippen molar-refractivity contribution in [2.45, 2.75) is 0 Å². The van der Waals surface area contributed by atoms with Crippen LogP contribution in [0.25, 0.3) is 0 Å². The number of nitrogens with one attached hydrogen (secondary N) is 1. The van der Waals surface area contributed by atoms with Gasteiger partial charge in [-0.15, -0.1) is 0 Å². The van der Waals surface area contributed by atoms with Crippen molar-refractivity contribution < 1.29 is 13.5 Å². The van der Waals surface area contributed by atoms with Gasteiger partial charge in [-0.3, -0.25) is 0 Å². The first kappa shape index (κ1) is 13.4. The summed E-state index contributed by atoms with van der Waals surface area (Å²) in [6, 6.07) is 10.1. The van der Waals surface area contributed by atoms with Crippen molar-refractivity contribution in [3.8, 4) is 11.9 Å². The Hall–Kier alpha value is -3.01. The molecule has 1 heterocycles. The van der Waals surface area contributed by atoms with Gasteiger partial charge in [0, 0.05) is 12.1 Å². The number of rotatable bonds is 2. The molecule has 0 saturated heterocycles. The highest BCUT2D eigenvalue weighted by Gasteiger charge is 2.05. The molecule has 0 amide bonds. The Bertz CT molecular complexity index is 648. The van der Waals surface area contributed by atoms with Crippen LogP contribution in [0.3, 0.4) is 0 Å². The predicted molar refractivity (Wildman–Crippen MR) is 67.1 cm³/mol. The third-order valence-electron chi connectivity index (χ3n) is 2.10. The van der Waals surface area contributed by atoms with Crippen LogP contribution in [0.15, 0.2) is 47.5 Å². The number of halogens is 2. The molecule has 0 radical (unpaired) electrons. The van der Waals surface area contributed by atoms with Gasteiger partial charge in [-0.1, -0.05) is 18.2 Å². The molecule has 2 aromatic rings. The molecule has 2 rings (SSSR count). The zero-order valence-corrected chi connectivity index (χ0v) is 10.0. The van der Waals surface area contributed by atoms with Gasteiger partial charge in [-0.25, -0.2) is 5.32 Å². The van der Waals surface area contributed by atoms with Crippen molar-refractivity contribution >= 4 is 11.7 Å². The van der Waals surface area contributed by atoms with Gasteiger partial charge < -0.3 is 4.74 Å². The average molecular weight is 274 g/mol. The van der Waals surface area contributed by atoms with Crippen molar-refractivity contribution in [3.63, 3.8) is 0 Å². The van der Waals surface area contributed by atoms with Crippen molar-refractivity contribution in [3.05, 3.63) is 54.4 Å². The fourth-order valence-corrected chi connectivity index (χ4v) is 1.36. The van der Waals surface area contributed by atoms with Crippen LogP contribution in [0.4, 0.5) is 14.5 Å². The molecule has 0 unspecified atom stereocenters. The highest BCUT2D eigenvalue weighted by Crippen LogP contribution is 2.15. The van der Waals surface area contributed by atoms with Crippen LogP contribution in [0, 0.1) is 23.4 Å². The number of pyridine rings is 1. The summed E-state index contributed by atoms with van der Waals surface area (Å²) in [5.74, 6) is -1.61. The lowest BCUT2D eigenvalue weighted by molar-refractivity contribution is 0.512. The summed E-state index contributed by atoms with van der Waals surface area (Å²) in [5.41, 5.74) is -0.0660. The van der Waals surface area contributed by atoms with E-state index in [2.05, 4.69) is 15.3 Å². The second kappa shape index (κ2) is 6.24. The number of ether oxygens (including phenoxy) is 1. The molecule has 0 aliphatic rings. The lowest BCUT2D eigenvalue weighted by atomic mass is 10.3. The number of amidine groups is 1. The Morgan fingerprint density at radius 2 is 1.85 bits per heavy atom. The first-order chi connectivity index (χ1) is 9.67. The quantitative estimate of drug-likeness (QED) is 0.300. The molecule has 0 atom stereocenters. The molecule has 20 heavy (non-hydrogen) atoms. The predicted octanol–water partition coefficient (Wildman–Crippen LogP) is 2.50. The van der Waals surface area contributed by atoms with E-state index in [4.69, 9.17) is 10.00 Å². The van der Waals surface area contributed by atoms with Gasteiger partial charge in [-0.05, 0) is 12.1 Å². The third-order valence-corrected chi connectivity index (χ3v) is 2.10. The number of hydrogen-bond acceptors (Lipinski definition) is 4. The van der Waals surface area contributed by atoms with Crippen LogP contribution in [0.1, 0.15) is 0 Å². The highest BCUT2D eigenvalue weighted by molar-refractivity contribution is 5.80. The zero-order valence-electron chi connectivity index (χ0n) is 10.0. The monoisotopic (exact) mass is 274 g/mol. The first-order valence-corrected chi connectivity index (χ1v) is 5.47. The molecule has 0 aliphatic carbocycles. The lowest BCUT2D eigenvalue weighted by Crippen LogP contribution is -2.24. The number of benzene rings is 1.